The molecule has 88 valence electrons. The van der Waals surface area contributed by atoms with Gasteiger partial charge in [0.2, 0.25) is 0 Å². The number of aromatic nitrogens is 1. The van der Waals surface area contributed by atoms with Crippen molar-refractivity contribution in [1.82, 2.24) is 4.98 Å². The lowest BCUT2D eigenvalue weighted by molar-refractivity contribution is 0.198. The van der Waals surface area contributed by atoms with Crippen LogP contribution in [0, 0.1) is 0 Å². The molecule has 0 radical (unpaired) electrons. The van der Waals surface area contributed by atoms with E-state index in [2.05, 4.69) is 20.9 Å². The van der Waals surface area contributed by atoms with Crippen LogP contribution in [0.4, 0.5) is 0 Å². The van der Waals surface area contributed by atoms with Crippen molar-refractivity contribution >= 4 is 15.9 Å². The molecule has 1 N–H and O–H groups in total. The van der Waals surface area contributed by atoms with E-state index in [-0.39, 0.29) is 0 Å². The highest BCUT2D eigenvalue weighted by atomic mass is 79.9. The number of pyridine rings is 1. The van der Waals surface area contributed by atoms with Gasteiger partial charge in [0.25, 0.3) is 0 Å². The van der Waals surface area contributed by atoms with Gasteiger partial charge in [-0.25, -0.2) is 0 Å². The van der Waals surface area contributed by atoms with Gasteiger partial charge in [-0.1, -0.05) is 22.0 Å². The molecule has 1 aromatic carbocycles. The minimum absolute atomic E-state index is 0.503. The molecule has 1 atom stereocenters. The van der Waals surface area contributed by atoms with Gasteiger partial charge >= 0.3 is 0 Å². The zero-order valence-electron chi connectivity index (χ0n) is 9.30. The Kier molecular flexibility index (Phi) is 3.76. The summed E-state index contributed by atoms with van der Waals surface area (Å²) in [6, 6.07) is 9.13. The first-order valence-electron chi connectivity index (χ1n) is 5.22. The average molecular weight is 294 g/mol. The molecule has 0 amide bonds. The Morgan fingerprint density at radius 2 is 2.12 bits per heavy atom. The van der Waals surface area contributed by atoms with Gasteiger partial charge in [0.1, 0.15) is 11.5 Å². The van der Waals surface area contributed by atoms with Crippen LogP contribution in [0.3, 0.4) is 0 Å². The van der Waals surface area contributed by atoms with Gasteiger partial charge in [0.15, 0.2) is 0 Å². The summed E-state index contributed by atoms with van der Waals surface area (Å²) in [5, 5.41) is 9.50. The average Bonchev–Trinajstić information content (AvgIpc) is 2.30. The van der Waals surface area contributed by atoms with Crippen LogP contribution in [0.5, 0.6) is 11.5 Å². The fraction of sp³-hybridized carbons (Fsp3) is 0.154. The molecule has 0 saturated carbocycles. The second-order valence-corrected chi connectivity index (χ2v) is 4.50. The molecule has 3 nitrogen and oxygen atoms in total. The molecule has 0 aliphatic heterocycles. The van der Waals surface area contributed by atoms with E-state index in [1.807, 2.05) is 30.3 Å². The molecule has 1 heterocycles. The van der Waals surface area contributed by atoms with E-state index >= 15 is 0 Å². The molecule has 0 unspecified atom stereocenters. The predicted octanol–water partition coefficient (Wildman–Crippen LogP) is 3.69. The smallest absolute Gasteiger partial charge is 0.145 e. The van der Waals surface area contributed by atoms with Crippen molar-refractivity contribution in [3.8, 4) is 11.5 Å². The monoisotopic (exact) mass is 293 g/mol. The zero-order chi connectivity index (χ0) is 12.3. The first-order valence-corrected chi connectivity index (χ1v) is 6.01. The minimum atomic E-state index is -0.503. The van der Waals surface area contributed by atoms with Crippen LogP contribution >= 0.6 is 15.9 Å². The van der Waals surface area contributed by atoms with Gasteiger partial charge in [-0.3, -0.25) is 4.98 Å². The Hall–Kier alpha value is -1.39. The zero-order valence-corrected chi connectivity index (χ0v) is 10.9. The molecule has 0 spiro atoms. The standard InChI is InChI=1S/C13H12BrNO2/c1-9(16)12-5-4-10(7-13(12)14)17-11-3-2-6-15-8-11/h2-9,16H,1H3/t9-/m0/s1. The summed E-state index contributed by atoms with van der Waals surface area (Å²) >= 11 is 3.41. The van der Waals surface area contributed by atoms with E-state index in [0.29, 0.717) is 11.5 Å². The first-order chi connectivity index (χ1) is 8.16. The van der Waals surface area contributed by atoms with Crippen LogP contribution in [0.1, 0.15) is 18.6 Å². The number of aliphatic hydroxyl groups is 1. The lowest BCUT2D eigenvalue weighted by atomic mass is 10.1. The summed E-state index contributed by atoms with van der Waals surface area (Å²) in [5.41, 5.74) is 0.837. The molecule has 0 aliphatic carbocycles. The van der Waals surface area contributed by atoms with E-state index in [0.717, 1.165) is 10.0 Å². The minimum Gasteiger partial charge on any atom is -0.456 e. The molecule has 17 heavy (non-hydrogen) atoms. The number of hydrogen-bond acceptors (Lipinski definition) is 3. The van der Waals surface area contributed by atoms with Gasteiger partial charge in [-0.05, 0) is 36.8 Å². The van der Waals surface area contributed by atoms with Crippen molar-refractivity contribution in [2.24, 2.45) is 0 Å². The maximum Gasteiger partial charge on any atom is 0.145 e. The van der Waals surface area contributed by atoms with E-state index in [4.69, 9.17) is 4.74 Å². The molecule has 0 fully saturated rings. The highest BCUT2D eigenvalue weighted by molar-refractivity contribution is 9.10. The Morgan fingerprint density at radius 1 is 1.29 bits per heavy atom. The Bertz CT molecular complexity index is 500. The van der Waals surface area contributed by atoms with Crippen LogP contribution in [-0.4, -0.2) is 10.1 Å². The van der Waals surface area contributed by atoms with Crippen molar-refractivity contribution in [2.75, 3.05) is 0 Å². The normalized spacial score (nSPS) is 12.2. The number of benzene rings is 1. The van der Waals surface area contributed by atoms with Gasteiger partial charge < -0.3 is 9.84 Å². The summed E-state index contributed by atoms with van der Waals surface area (Å²) in [4.78, 5) is 3.97. The summed E-state index contributed by atoms with van der Waals surface area (Å²) in [6.07, 6.45) is 2.84. The maximum atomic E-state index is 9.50. The summed E-state index contributed by atoms with van der Waals surface area (Å²) in [7, 11) is 0. The summed E-state index contributed by atoms with van der Waals surface area (Å²) in [6.45, 7) is 1.72. The number of hydrogen-bond donors (Lipinski definition) is 1. The van der Waals surface area contributed by atoms with Crippen LogP contribution in [0.2, 0.25) is 0 Å². The molecule has 2 rings (SSSR count). The molecule has 0 bridgehead atoms. The molecule has 4 heteroatoms. The SMILES string of the molecule is C[C@H](O)c1ccc(Oc2cccnc2)cc1Br. The lowest BCUT2D eigenvalue weighted by Crippen LogP contribution is -1.93. The Labute approximate surface area is 108 Å². The number of aliphatic hydroxyl groups excluding tert-OH is 1. The Balaban J connectivity index is 2.21. The van der Waals surface area contributed by atoms with Crippen LogP contribution in [-0.2, 0) is 0 Å². The second kappa shape index (κ2) is 5.29. The second-order valence-electron chi connectivity index (χ2n) is 3.65. The summed E-state index contributed by atoms with van der Waals surface area (Å²) in [5.74, 6) is 1.39. The van der Waals surface area contributed by atoms with Gasteiger partial charge in [-0.15, -0.1) is 0 Å². The maximum absolute atomic E-state index is 9.50. The third-order valence-electron chi connectivity index (χ3n) is 2.29. The number of rotatable bonds is 3. The van der Waals surface area contributed by atoms with E-state index < -0.39 is 6.10 Å². The van der Waals surface area contributed by atoms with Crippen LogP contribution in [0.25, 0.3) is 0 Å². The van der Waals surface area contributed by atoms with Crippen LogP contribution < -0.4 is 4.74 Å². The molecule has 2 aromatic rings. The fourth-order valence-corrected chi connectivity index (χ4v) is 2.14. The predicted molar refractivity (Wildman–Crippen MR) is 69.1 cm³/mol. The van der Waals surface area contributed by atoms with Gasteiger partial charge in [0, 0.05) is 10.7 Å². The highest BCUT2D eigenvalue weighted by Crippen LogP contribution is 2.29. The topological polar surface area (TPSA) is 42.4 Å². The van der Waals surface area contributed by atoms with Gasteiger partial charge in [0.05, 0.1) is 12.3 Å². The molecule has 1 aromatic heterocycles. The van der Waals surface area contributed by atoms with Crippen molar-refractivity contribution in [2.45, 2.75) is 13.0 Å². The third kappa shape index (κ3) is 3.05. The fourth-order valence-electron chi connectivity index (χ4n) is 1.45. The molecular weight excluding hydrogens is 282 g/mol. The summed E-state index contributed by atoms with van der Waals surface area (Å²) < 4.78 is 6.45. The third-order valence-corrected chi connectivity index (χ3v) is 2.98. The largest absolute Gasteiger partial charge is 0.456 e. The number of halogens is 1. The van der Waals surface area contributed by atoms with E-state index in [1.54, 1.807) is 19.3 Å². The number of ether oxygens (including phenoxy) is 1. The molecule has 0 aliphatic rings. The first kappa shape index (κ1) is 12.1. The van der Waals surface area contributed by atoms with Crippen molar-refractivity contribution in [3.05, 3.63) is 52.8 Å². The van der Waals surface area contributed by atoms with Crippen molar-refractivity contribution in [1.29, 1.82) is 0 Å². The lowest BCUT2D eigenvalue weighted by Gasteiger charge is -2.10. The van der Waals surface area contributed by atoms with Gasteiger partial charge in [-0.2, -0.15) is 0 Å². The number of nitrogens with zero attached hydrogens (tertiary/aromatic N) is 1. The van der Waals surface area contributed by atoms with Crippen molar-refractivity contribution in [3.63, 3.8) is 0 Å². The highest BCUT2D eigenvalue weighted by Gasteiger charge is 2.07. The van der Waals surface area contributed by atoms with E-state index in [1.165, 1.54) is 0 Å². The molecular formula is C13H12BrNO2. The van der Waals surface area contributed by atoms with Crippen LogP contribution in [0.15, 0.2) is 47.2 Å². The van der Waals surface area contributed by atoms with E-state index in [9.17, 15) is 5.11 Å². The molecule has 0 saturated heterocycles. The van der Waals surface area contributed by atoms with Crippen molar-refractivity contribution < 1.29 is 9.84 Å². The quantitative estimate of drug-likeness (QED) is 0.938. The Morgan fingerprint density at radius 3 is 2.71 bits per heavy atom.